The lowest BCUT2D eigenvalue weighted by atomic mass is 9.95. The topological polar surface area (TPSA) is 15.3 Å². The van der Waals surface area contributed by atoms with Gasteiger partial charge in [0.15, 0.2) is 0 Å². The van der Waals surface area contributed by atoms with Crippen molar-refractivity contribution in [3.05, 3.63) is 47.5 Å². The number of benzene rings is 1. The molecule has 1 N–H and O–H groups in total. The summed E-state index contributed by atoms with van der Waals surface area (Å²) in [6.07, 6.45) is 1.14. The smallest absolute Gasteiger partial charge is 0.0238 e. The van der Waals surface area contributed by atoms with Gasteiger partial charge in [-0.3, -0.25) is 0 Å². The molecule has 2 rings (SSSR count). The van der Waals surface area contributed by atoms with Crippen molar-refractivity contribution in [3.8, 4) is 0 Å². The van der Waals surface area contributed by atoms with Crippen molar-refractivity contribution in [1.29, 1.82) is 0 Å². The molecule has 1 unspecified atom stereocenters. The first-order valence-corrected chi connectivity index (χ1v) is 6.28. The number of hydrogen-bond acceptors (Lipinski definition) is 2. The molecular formula is C15H22N2. The summed E-state index contributed by atoms with van der Waals surface area (Å²) in [4.78, 5) is 2.34. The molecule has 0 amide bonds. The van der Waals surface area contributed by atoms with Gasteiger partial charge in [-0.2, -0.15) is 0 Å². The Morgan fingerprint density at radius 3 is 2.82 bits per heavy atom. The molecule has 0 spiro atoms. The van der Waals surface area contributed by atoms with Crippen LogP contribution < -0.4 is 5.32 Å². The Morgan fingerprint density at radius 1 is 1.41 bits per heavy atom. The third kappa shape index (κ3) is 3.42. The van der Waals surface area contributed by atoms with Crippen molar-refractivity contribution >= 4 is 0 Å². The maximum atomic E-state index is 3.96. The second-order valence-electron chi connectivity index (χ2n) is 5.20. The fourth-order valence-corrected chi connectivity index (χ4v) is 2.55. The highest BCUT2D eigenvalue weighted by atomic mass is 15.1. The molecule has 17 heavy (non-hydrogen) atoms. The summed E-state index contributed by atoms with van der Waals surface area (Å²) in [5, 5.41) is 3.61. The van der Waals surface area contributed by atoms with Crippen molar-refractivity contribution in [2.45, 2.75) is 25.9 Å². The maximum absolute atomic E-state index is 3.96. The summed E-state index contributed by atoms with van der Waals surface area (Å²) >= 11 is 0. The quantitative estimate of drug-likeness (QED) is 0.798. The summed E-state index contributed by atoms with van der Waals surface area (Å²) in [7, 11) is 2.16. The molecule has 2 heteroatoms. The van der Waals surface area contributed by atoms with Crippen molar-refractivity contribution < 1.29 is 0 Å². The van der Waals surface area contributed by atoms with E-state index in [0.29, 0.717) is 6.04 Å². The average Bonchev–Trinajstić information content (AvgIpc) is 2.27. The highest BCUT2D eigenvalue weighted by Crippen LogP contribution is 2.16. The van der Waals surface area contributed by atoms with E-state index in [2.05, 4.69) is 55.0 Å². The van der Waals surface area contributed by atoms with E-state index in [-0.39, 0.29) is 0 Å². The van der Waals surface area contributed by atoms with Crippen LogP contribution in [0.15, 0.2) is 36.4 Å². The molecule has 0 bridgehead atoms. The Balaban J connectivity index is 1.92. The summed E-state index contributed by atoms with van der Waals surface area (Å²) in [6, 6.07) is 9.29. The standard InChI is InChI=1S/C15H22N2/c1-12(2)10-17(3)11-15-8-13-6-4-5-7-14(13)9-16-15/h4-7,15-16H,1,8-11H2,2-3H3. The number of nitrogens with one attached hydrogen (secondary N) is 1. The number of hydrogen-bond donors (Lipinski definition) is 1. The summed E-state index contributed by atoms with van der Waals surface area (Å²) in [5.74, 6) is 0. The molecule has 92 valence electrons. The van der Waals surface area contributed by atoms with Gasteiger partial charge in [-0.1, -0.05) is 36.4 Å². The van der Waals surface area contributed by atoms with Crippen LogP contribution in [0.4, 0.5) is 0 Å². The SMILES string of the molecule is C=C(C)CN(C)CC1Cc2ccccc2CN1. The van der Waals surface area contributed by atoms with E-state index in [1.807, 2.05) is 0 Å². The maximum Gasteiger partial charge on any atom is 0.0238 e. The summed E-state index contributed by atoms with van der Waals surface area (Å²) in [5.41, 5.74) is 4.18. The zero-order valence-corrected chi connectivity index (χ0v) is 10.9. The first kappa shape index (κ1) is 12.3. The van der Waals surface area contributed by atoms with Crippen LogP contribution in [-0.2, 0) is 13.0 Å². The predicted octanol–water partition coefficient (Wildman–Crippen LogP) is 2.21. The fraction of sp³-hybridized carbons (Fsp3) is 0.467. The van der Waals surface area contributed by atoms with Gasteiger partial charge in [-0.15, -0.1) is 0 Å². The highest BCUT2D eigenvalue weighted by Gasteiger charge is 2.18. The van der Waals surface area contributed by atoms with Gasteiger partial charge in [0, 0.05) is 25.7 Å². The van der Waals surface area contributed by atoms with Crippen LogP contribution in [0.1, 0.15) is 18.1 Å². The van der Waals surface area contributed by atoms with Crippen molar-refractivity contribution in [2.75, 3.05) is 20.1 Å². The van der Waals surface area contributed by atoms with Crippen LogP contribution in [0.5, 0.6) is 0 Å². The Labute approximate surface area is 104 Å². The molecule has 0 saturated heterocycles. The van der Waals surface area contributed by atoms with Gasteiger partial charge < -0.3 is 10.2 Å². The molecule has 1 aliphatic rings. The molecule has 1 aromatic carbocycles. The van der Waals surface area contributed by atoms with Gasteiger partial charge in [-0.05, 0) is 31.5 Å². The van der Waals surface area contributed by atoms with E-state index in [9.17, 15) is 0 Å². The van der Waals surface area contributed by atoms with Gasteiger partial charge in [0.2, 0.25) is 0 Å². The third-order valence-corrected chi connectivity index (χ3v) is 3.24. The monoisotopic (exact) mass is 230 g/mol. The summed E-state index contributed by atoms with van der Waals surface area (Å²) < 4.78 is 0. The average molecular weight is 230 g/mol. The van der Waals surface area contributed by atoms with Gasteiger partial charge in [-0.25, -0.2) is 0 Å². The molecule has 1 aliphatic heterocycles. The lowest BCUT2D eigenvalue weighted by Crippen LogP contribution is -2.43. The Morgan fingerprint density at radius 2 is 2.12 bits per heavy atom. The Bertz CT molecular complexity index is 398. The Kier molecular flexibility index (Phi) is 3.97. The predicted molar refractivity (Wildman–Crippen MR) is 73.1 cm³/mol. The number of fused-ring (bicyclic) bond motifs is 1. The molecule has 1 aromatic rings. The molecule has 0 aromatic heterocycles. The minimum atomic E-state index is 0.564. The van der Waals surface area contributed by atoms with Gasteiger partial charge in [0.25, 0.3) is 0 Å². The first-order valence-electron chi connectivity index (χ1n) is 6.28. The van der Waals surface area contributed by atoms with E-state index < -0.39 is 0 Å². The number of rotatable bonds is 4. The minimum absolute atomic E-state index is 0.564. The van der Waals surface area contributed by atoms with Crippen molar-refractivity contribution in [3.63, 3.8) is 0 Å². The van der Waals surface area contributed by atoms with Gasteiger partial charge in [0.05, 0.1) is 0 Å². The van der Waals surface area contributed by atoms with Gasteiger partial charge in [0.1, 0.15) is 0 Å². The van der Waals surface area contributed by atoms with Gasteiger partial charge >= 0.3 is 0 Å². The van der Waals surface area contributed by atoms with Crippen LogP contribution >= 0.6 is 0 Å². The lowest BCUT2D eigenvalue weighted by molar-refractivity contribution is 0.298. The molecule has 0 saturated carbocycles. The normalized spacial score (nSPS) is 19.1. The van der Waals surface area contributed by atoms with E-state index in [1.165, 1.54) is 16.7 Å². The van der Waals surface area contributed by atoms with Crippen LogP contribution in [0.2, 0.25) is 0 Å². The second-order valence-corrected chi connectivity index (χ2v) is 5.20. The second kappa shape index (κ2) is 5.48. The van der Waals surface area contributed by atoms with E-state index in [1.54, 1.807) is 0 Å². The van der Waals surface area contributed by atoms with Crippen LogP contribution in [0, 0.1) is 0 Å². The van der Waals surface area contributed by atoms with Crippen LogP contribution in [-0.4, -0.2) is 31.1 Å². The fourth-order valence-electron chi connectivity index (χ4n) is 2.55. The van der Waals surface area contributed by atoms with Crippen LogP contribution in [0.25, 0.3) is 0 Å². The molecular weight excluding hydrogens is 208 g/mol. The van der Waals surface area contributed by atoms with E-state index in [0.717, 1.165) is 26.1 Å². The highest BCUT2D eigenvalue weighted by molar-refractivity contribution is 5.29. The molecule has 0 radical (unpaired) electrons. The number of nitrogens with zero attached hydrogens (tertiary/aromatic N) is 1. The molecule has 1 atom stereocenters. The molecule has 1 heterocycles. The van der Waals surface area contributed by atoms with E-state index >= 15 is 0 Å². The number of likely N-dealkylation sites (N-methyl/N-ethyl adjacent to an activating group) is 1. The third-order valence-electron chi connectivity index (χ3n) is 3.24. The zero-order chi connectivity index (χ0) is 12.3. The first-order chi connectivity index (χ1) is 8.15. The minimum Gasteiger partial charge on any atom is -0.308 e. The molecule has 2 nitrogen and oxygen atoms in total. The summed E-state index contributed by atoms with van der Waals surface area (Å²) in [6.45, 7) is 9.12. The Hall–Kier alpha value is -1.12. The van der Waals surface area contributed by atoms with E-state index in [4.69, 9.17) is 0 Å². The largest absolute Gasteiger partial charge is 0.308 e. The van der Waals surface area contributed by atoms with Crippen molar-refractivity contribution in [2.24, 2.45) is 0 Å². The zero-order valence-electron chi connectivity index (χ0n) is 10.9. The lowest BCUT2D eigenvalue weighted by Gasteiger charge is -2.29. The molecule has 0 aliphatic carbocycles. The molecule has 0 fully saturated rings. The van der Waals surface area contributed by atoms with Crippen molar-refractivity contribution in [1.82, 2.24) is 10.2 Å². The van der Waals surface area contributed by atoms with Crippen LogP contribution in [0.3, 0.4) is 0 Å².